The van der Waals surface area contributed by atoms with Crippen LogP contribution in [0.1, 0.15) is 28.8 Å². The largest absolute Gasteiger partial charge is 0.473 e. The summed E-state index contributed by atoms with van der Waals surface area (Å²) in [4.78, 5) is 28.9. The van der Waals surface area contributed by atoms with Gasteiger partial charge < -0.3 is 19.5 Å². The van der Waals surface area contributed by atoms with E-state index < -0.39 is 17.9 Å². The number of benzene rings is 1. The Kier molecular flexibility index (Phi) is 7.43. The summed E-state index contributed by atoms with van der Waals surface area (Å²) in [5.74, 6) is -0.715. The first-order chi connectivity index (χ1) is 14.1. The van der Waals surface area contributed by atoms with Gasteiger partial charge in [-0.2, -0.15) is 0 Å². The molecule has 1 fully saturated rings. The average molecular weight is 419 g/mol. The summed E-state index contributed by atoms with van der Waals surface area (Å²) in [7, 11) is 1.29. The lowest BCUT2D eigenvalue weighted by molar-refractivity contribution is -0.142. The standard InChI is InChI=1S/C21H23ClN2O5/c1-27-21(26)18(11-14-5-3-2-4-6-14)24-19(25)15-12-17(22)20(23-13-15)29-16-7-9-28-10-8-16/h2-6,12-13,16,18H,7-11H2,1H3,(H,24,25). The number of nitrogens with one attached hydrogen (secondary N) is 1. The summed E-state index contributed by atoms with van der Waals surface area (Å²) in [5, 5.41) is 2.93. The van der Waals surface area contributed by atoms with Crippen molar-refractivity contribution >= 4 is 23.5 Å². The Labute approximate surface area is 174 Å². The van der Waals surface area contributed by atoms with Crippen molar-refractivity contribution in [2.45, 2.75) is 31.4 Å². The van der Waals surface area contributed by atoms with Gasteiger partial charge in [0.2, 0.25) is 5.88 Å². The Morgan fingerprint density at radius 1 is 1.28 bits per heavy atom. The quantitative estimate of drug-likeness (QED) is 0.696. The summed E-state index contributed by atoms with van der Waals surface area (Å²) < 4.78 is 15.9. The van der Waals surface area contributed by atoms with Crippen molar-refractivity contribution in [1.29, 1.82) is 0 Å². The fourth-order valence-electron chi connectivity index (χ4n) is 3.01. The van der Waals surface area contributed by atoms with Gasteiger partial charge in [-0.05, 0) is 11.6 Å². The van der Waals surface area contributed by atoms with Crippen molar-refractivity contribution in [3.8, 4) is 5.88 Å². The Hall–Kier alpha value is -2.64. The van der Waals surface area contributed by atoms with E-state index in [1.807, 2.05) is 30.3 Å². The van der Waals surface area contributed by atoms with Gasteiger partial charge in [-0.1, -0.05) is 41.9 Å². The molecule has 2 aromatic rings. The topological polar surface area (TPSA) is 86.8 Å². The molecule has 0 aliphatic carbocycles. The third-order valence-corrected chi connectivity index (χ3v) is 4.86. The van der Waals surface area contributed by atoms with Crippen LogP contribution in [-0.2, 0) is 20.7 Å². The summed E-state index contributed by atoms with van der Waals surface area (Å²) in [6, 6.07) is 10.0. The molecule has 29 heavy (non-hydrogen) atoms. The molecule has 3 rings (SSSR count). The molecular formula is C21H23ClN2O5. The number of rotatable bonds is 7. The van der Waals surface area contributed by atoms with Gasteiger partial charge in [0.1, 0.15) is 17.2 Å². The molecule has 1 amide bonds. The molecule has 1 N–H and O–H groups in total. The number of hydrogen-bond acceptors (Lipinski definition) is 6. The summed E-state index contributed by atoms with van der Waals surface area (Å²) in [6.45, 7) is 1.28. The van der Waals surface area contributed by atoms with E-state index in [0.29, 0.717) is 19.6 Å². The zero-order valence-corrected chi connectivity index (χ0v) is 16.9. The first-order valence-electron chi connectivity index (χ1n) is 9.39. The molecule has 1 aliphatic rings. The van der Waals surface area contributed by atoms with Gasteiger partial charge in [0.15, 0.2) is 0 Å². The van der Waals surface area contributed by atoms with Crippen molar-refractivity contribution < 1.29 is 23.8 Å². The number of hydrogen-bond donors (Lipinski definition) is 1. The van der Waals surface area contributed by atoms with Crippen LogP contribution in [0, 0.1) is 0 Å². The number of ether oxygens (including phenoxy) is 3. The van der Waals surface area contributed by atoms with Gasteiger partial charge >= 0.3 is 5.97 Å². The highest BCUT2D eigenvalue weighted by Crippen LogP contribution is 2.25. The predicted octanol–water partition coefficient (Wildman–Crippen LogP) is 2.81. The minimum Gasteiger partial charge on any atom is -0.473 e. The second-order valence-corrected chi connectivity index (χ2v) is 7.09. The summed E-state index contributed by atoms with van der Waals surface area (Å²) in [6.07, 6.45) is 3.21. The van der Waals surface area contributed by atoms with Gasteiger partial charge in [-0.3, -0.25) is 4.79 Å². The normalized spacial score (nSPS) is 15.4. The number of nitrogens with zero attached hydrogens (tertiary/aromatic N) is 1. The van der Waals surface area contributed by atoms with E-state index in [0.717, 1.165) is 18.4 Å². The molecule has 2 heterocycles. The average Bonchev–Trinajstić information content (AvgIpc) is 2.75. The first-order valence-corrected chi connectivity index (χ1v) is 9.77. The van der Waals surface area contributed by atoms with Crippen LogP contribution in [0.4, 0.5) is 0 Å². The minimum absolute atomic E-state index is 0.0111. The summed E-state index contributed by atoms with van der Waals surface area (Å²) >= 11 is 6.26. The Bertz CT molecular complexity index is 840. The molecule has 7 nitrogen and oxygen atoms in total. The molecule has 0 bridgehead atoms. The van der Waals surface area contributed by atoms with E-state index in [2.05, 4.69) is 10.3 Å². The monoisotopic (exact) mass is 418 g/mol. The van der Waals surface area contributed by atoms with E-state index >= 15 is 0 Å². The van der Waals surface area contributed by atoms with E-state index in [4.69, 9.17) is 25.8 Å². The number of aromatic nitrogens is 1. The van der Waals surface area contributed by atoms with Gasteiger partial charge in [-0.25, -0.2) is 9.78 Å². The maximum atomic E-state index is 12.6. The van der Waals surface area contributed by atoms with Crippen LogP contribution in [-0.4, -0.2) is 49.3 Å². The smallest absolute Gasteiger partial charge is 0.328 e. The molecule has 1 saturated heterocycles. The number of carbonyl (C=O) groups excluding carboxylic acids is 2. The molecule has 1 atom stereocenters. The summed E-state index contributed by atoms with van der Waals surface area (Å²) in [5.41, 5.74) is 1.14. The van der Waals surface area contributed by atoms with Crippen LogP contribution in [0.3, 0.4) is 0 Å². The molecule has 0 saturated carbocycles. The number of amides is 1. The van der Waals surface area contributed by atoms with Crippen molar-refractivity contribution in [2.75, 3.05) is 20.3 Å². The fraction of sp³-hybridized carbons (Fsp3) is 0.381. The van der Waals surface area contributed by atoms with E-state index in [1.165, 1.54) is 19.4 Å². The molecule has 1 unspecified atom stereocenters. The van der Waals surface area contributed by atoms with E-state index in [1.54, 1.807) is 0 Å². The van der Waals surface area contributed by atoms with Crippen molar-refractivity contribution in [2.24, 2.45) is 0 Å². The number of pyridine rings is 1. The molecule has 8 heteroatoms. The lowest BCUT2D eigenvalue weighted by Gasteiger charge is -2.23. The van der Waals surface area contributed by atoms with Crippen LogP contribution in [0.5, 0.6) is 5.88 Å². The lowest BCUT2D eigenvalue weighted by atomic mass is 10.1. The van der Waals surface area contributed by atoms with Crippen LogP contribution < -0.4 is 10.1 Å². The zero-order chi connectivity index (χ0) is 20.6. The van der Waals surface area contributed by atoms with Crippen LogP contribution in [0.2, 0.25) is 5.02 Å². The second kappa shape index (κ2) is 10.2. The SMILES string of the molecule is COC(=O)C(Cc1ccccc1)NC(=O)c1cnc(OC2CCOCC2)c(Cl)c1. The first kappa shape index (κ1) is 21.1. The molecule has 154 valence electrons. The highest BCUT2D eigenvalue weighted by atomic mass is 35.5. The van der Waals surface area contributed by atoms with Gasteiger partial charge in [0.25, 0.3) is 5.91 Å². The van der Waals surface area contributed by atoms with Crippen LogP contribution in [0.15, 0.2) is 42.6 Å². The molecule has 1 aromatic heterocycles. The van der Waals surface area contributed by atoms with Crippen molar-refractivity contribution in [3.05, 3.63) is 58.7 Å². The molecule has 1 aliphatic heterocycles. The maximum Gasteiger partial charge on any atom is 0.328 e. The maximum absolute atomic E-state index is 12.6. The lowest BCUT2D eigenvalue weighted by Crippen LogP contribution is -2.43. The highest BCUT2D eigenvalue weighted by Gasteiger charge is 2.24. The van der Waals surface area contributed by atoms with Crippen LogP contribution >= 0.6 is 11.6 Å². The predicted molar refractivity (Wildman–Crippen MR) is 107 cm³/mol. The number of carbonyl (C=O) groups is 2. The van der Waals surface area contributed by atoms with Crippen molar-refractivity contribution in [1.82, 2.24) is 10.3 Å². The van der Waals surface area contributed by atoms with E-state index in [9.17, 15) is 9.59 Å². The van der Waals surface area contributed by atoms with Crippen molar-refractivity contribution in [3.63, 3.8) is 0 Å². The fourth-order valence-corrected chi connectivity index (χ4v) is 3.23. The number of halogens is 1. The van der Waals surface area contributed by atoms with Crippen LogP contribution in [0.25, 0.3) is 0 Å². The molecular weight excluding hydrogens is 396 g/mol. The van der Waals surface area contributed by atoms with E-state index in [-0.39, 0.29) is 22.6 Å². The third-order valence-electron chi connectivity index (χ3n) is 4.59. The minimum atomic E-state index is -0.827. The van der Waals surface area contributed by atoms with Gasteiger partial charge in [-0.15, -0.1) is 0 Å². The van der Waals surface area contributed by atoms with Gasteiger partial charge in [0.05, 0.1) is 25.9 Å². The molecule has 0 radical (unpaired) electrons. The Balaban J connectivity index is 1.67. The van der Waals surface area contributed by atoms with Gasteiger partial charge in [0, 0.05) is 25.5 Å². The second-order valence-electron chi connectivity index (χ2n) is 6.68. The highest BCUT2D eigenvalue weighted by molar-refractivity contribution is 6.32. The Morgan fingerprint density at radius 2 is 2.00 bits per heavy atom. The molecule has 0 spiro atoms. The number of methoxy groups -OCH3 is 1. The number of esters is 1. The molecule has 1 aromatic carbocycles. The third kappa shape index (κ3) is 5.92. The zero-order valence-electron chi connectivity index (χ0n) is 16.1. The Morgan fingerprint density at radius 3 is 2.66 bits per heavy atom.